The van der Waals surface area contributed by atoms with Crippen LogP contribution in [0, 0.1) is 6.92 Å². The Morgan fingerprint density at radius 3 is 2.26 bits per heavy atom. The molecule has 3 aromatic carbocycles. The van der Waals surface area contributed by atoms with Crippen LogP contribution in [0.15, 0.2) is 66.7 Å². The minimum Gasteiger partial charge on any atom is -0.399 e. The second-order valence-electron chi connectivity index (χ2n) is 6.15. The van der Waals surface area contributed by atoms with Crippen molar-refractivity contribution in [3.63, 3.8) is 0 Å². The molecule has 0 radical (unpaired) electrons. The van der Waals surface area contributed by atoms with Crippen molar-refractivity contribution < 1.29 is 18.0 Å². The van der Waals surface area contributed by atoms with Gasteiger partial charge in [-0.2, -0.15) is 13.2 Å². The quantitative estimate of drug-likeness (QED) is 0.597. The normalized spacial score (nSPS) is 11.3. The Balaban J connectivity index is 1.93. The summed E-state index contributed by atoms with van der Waals surface area (Å²) >= 11 is 0. The Morgan fingerprint density at radius 2 is 1.63 bits per heavy atom. The van der Waals surface area contributed by atoms with Crippen molar-refractivity contribution in [1.29, 1.82) is 0 Å². The fourth-order valence-corrected chi connectivity index (χ4v) is 2.79. The van der Waals surface area contributed by atoms with Gasteiger partial charge in [0.2, 0.25) is 0 Å². The van der Waals surface area contributed by atoms with E-state index < -0.39 is 11.7 Å². The summed E-state index contributed by atoms with van der Waals surface area (Å²) < 4.78 is 38.3. The van der Waals surface area contributed by atoms with Gasteiger partial charge in [-0.25, -0.2) is 0 Å². The lowest BCUT2D eigenvalue weighted by Crippen LogP contribution is -2.14. The zero-order valence-electron chi connectivity index (χ0n) is 14.5. The second-order valence-corrected chi connectivity index (χ2v) is 6.15. The van der Waals surface area contributed by atoms with Crippen molar-refractivity contribution in [2.24, 2.45) is 0 Å². The van der Waals surface area contributed by atoms with E-state index in [1.165, 1.54) is 12.1 Å². The van der Waals surface area contributed by atoms with E-state index in [4.69, 9.17) is 5.73 Å². The second kappa shape index (κ2) is 7.15. The summed E-state index contributed by atoms with van der Waals surface area (Å²) in [5, 5.41) is 2.83. The Hall–Kier alpha value is -3.28. The number of carbonyl (C=O) groups is 1. The number of halogens is 3. The van der Waals surface area contributed by atoms with Gasteiger partial charge in [0.25, 0.3) is 5.91 Å². The molecule has 0 spiro atoms. The first-order valence-electron chi connectivity index (χ1n) is 8.20. The molecular weight excluding hydrogens is 353 g/mol. The zero-order chi connectivity index (χ0) is 19.6. The van der Waals surface area contributed by atoms with Crippen LogP contribution in [-0.4, -0.2) is 5.91 Å². The molecule has 0 heterocycles. The topological polar surface area (TPSA) is 55.1 Å². The number of amides is 1. The van der Waals surface area contributed by atoms with Crippen molar-refractivity contribution in [2.75, 3.05) is 11.1 Å². The number of nitrogen functional groups attached to an aromatic ring is 1. The number of carbonyl (C=O) groups excluding carboxylic acids is 1. The van der Waals surface area contributed by atoms with Gasteiger partial charge < -0.3 is 11.1 Å². The molecule has 0 fully saturated rings. The van der Waals surface area contributed by atoms with Gasteiger partial charge in [-0.15, -0.1) is 0 Å². The number of benzene rings is 3. The van der Waals surface area contributed by atoms with Crippen LogP contribution in [0.1, 0.15) is 21.5 Å². The molecule has 1 amide bonds. The first kappa shape index (κ1) is 18.5. The largest absolute Gasteiger partial charge is 0.416 e. The molecule has 0 atom stereocenters. The smallest absolute Gasteiger partial charge is 0.399 e. The zero-order valence-corrected chi connectivity index (χ0v) is 14.5. The highest BCUT2D eigenvalue weighted by atomic mass is 19.4. The maximum Gasteiger partial charge on any atom is 0.416 e. The van der Waals surface area contributed by atoms with Gasteiger partial charge in [-0.3, -0.25) is 4.79 Å². The molecule has 138 valence electrons. The predicted molar refractivity (Wildman–Crippen MR) is 100 cm³/mol. The number of rotatable bonds is 3. The average Bonchev–Trinajstić information content (AvgIpc) is 2.63. The monoisotopic (exact) mass is 370 g/mol. The van der Waals surface area contributed by atoms with Crippen LogP contribution in [0.5, 0.6) is 0 Å². The van der Waals surface area contributed by atoms with E-state index in [2.05, 4.69) is 5.32 Å². The number of alkyl halides is 3. The molecule has 3 rings (SSSR count). The third-order valence-electron chi connectivity index (χ3n) is 4.19. The highest BCUT2D eigenvalue weighted by molar-refractivity contribution is 6.09. The molecule has 0 aliphatic heterocycles. The van der Waals surface area contributed by atoms with Crippen LogP contribution in [0.3, 0.4) is 0 Å². The Kier molecular flexibility index (Phi) is 4.90. The molecule has 27 heavy (non-hydrogen) atoms. The minimum atomic E-state index is -4.40. The average molecular weight is 370 g/mol. The summed E-state index contributed by atoms with van der Waals surface area (Å²) in [6, 6.07) is 16.7. The number of anilines is 2. The van der Waals surface area contributed by atoms with Gasteiger partial charge in [0, 0.05) is 16.9 Å². The minimum absolute atomic E-state index is 0.349. The molecule has 3 N–H and O–H groups in total. The lowest BCUT2D eigenvalue weighted by molar-refractivity contribution is -0.137. The Labute approximate surface area is 154 Å². The van der Waals surface area contributed by atoms with E-state index in [1.54, 1.807) is 42.5 Å². The lowest BCUT2D eigenvalue weighted by atomic mass is 9.98. The van der Waals surface area contributed by atoms with E-state index in [-0.39, 0.29) is 5.91 Å². The first-order valence-corrected chi connectivity index (χ1v) is 8.20. The highest BCUT2D eigenvalue weighted by Gasteiger charge is 2.30. The summed E-state index contributed by atoms with van der Waals surface area (Å²) in [6.07, 6.45) is -4.40. The van der Waals surface area contributed by atoms with Crippen LogP contribution in [-0.2, 0) is 6.18 Å². The van der Waals surface area contributed by atoms with Crippen LogP contribution in [0.25, 0.3) is 11.1 Å². The Bertz CT molecular complexity index is 979. The van der Waals surface area contributed by atoms with Gasteiger partial charge in [-0.1, -0.05) is 30.3 Å². The van der Waals surface area contributed by atoms with Crippen molar-refractivity contribution in [2.45, 2.75) is 13.1 Å². The lowest BCUT2D eigenvalue weighted by Gasteiger charge is -2.13. The van der Waals surface area contributed by atoms with E-state index in [9.17, 15) is 18.0 Å². The number of aryl methyl sites for hydroxylation is 1. The molecule has 0 aliphatic carbocycles. The predicted octanol–water partition coefficient (Wildman–Crippen LogP) is 5.52. The first-order chi connectivity index (χ1) is 12.8. The molecule has 0 unspecified atom stereocenters. The summed E-state index contributed by atoms with van der Waals surface area (Å²) in [5.41, 5.74) is 8.47. The summed E-state index contributed by atoms with van der Waals surface area (Å²) in [5.74, 6) is -0.349. The van der Waals surface area contributed by atoms with Crippen molar-refractivity contribution in [3.05, 3.63) is 83.4 Å². The van der Waals surface area contributed by atoms with Gasteiger partial charge >= 0.3 is 6.18 Å². The summed E-state index contributed by atoms with van der Waals surface area (Å²) in [7, 11) is 0. The SMILES string of the molecule is Cc1cc(N)ccc1NC(=O)c1ccccc1-c1ccc(C(F)(F)F)cc1. The third-order valence-corrected chi connectivity index (χ3v) is 4.19. The van der Waals surface area contributed by atoms with Crippen LogP contribution < -0.4 is 11.1 Å². The van der Waals surface area contributed by atoms with Crippen molar-refractivity contribution in [1.82, 2.24) is 0 Å². The number of hydrogen-bond donors (Lipinski definition) is 2. The van der Waals surface area contributed by atoms with Crippen LogP contribution in [0.2, 0.25) is 0 Å². The van der Waals surface area contributed by atoms with Crippen molar-refractivity contribution in [3.8, 4) is 11.1 Å². The van der Waals surface area contributed by atoms with Crippen LogP contribution in [0.4, 0.5) is 24.5 Å². The standard InChI is InChI=1S/C21H17F3N2O/c1-13-12-16(25)10-11-19(13)26-20(27)18-5-3-2-4-17(18)14-6-8-15(9-7-14)21(22,23)24/h2-12H,25H2,1H3,(H,26,27). The highest BCUT2D eigenvalue weighted by Crippen LogP contribution is 2.32. The van der Waals surface area contributed by atoms with Gasteiger partial charge in [0.1, 0.15) is 0 Å². The molecule has 0 aliphatic rings. The van der Waals surface area contributed by atoms with Crippen molar-refractivity contribution >= 4 is 17.3 Å². The molecule has 0 aromatic heterocycles. The maximum atomic E-state index is 12.8. The molecule has 3 aromatic rings. The van der Waals surface area contributed by atoms with Gasteiger partial charge in [-0.05, 0) is 60.0 Å². The van der Waals surface area contributed by atoms with Crippen LogP contribution >= 0.6 is 0 Å². The summed E-state index contributed by atoms with van der Waals surface area (Å²) in [6.45, 7) is 1.83. The maximum absolute atomic E-state index is 12.8. The number of nitrogens with one attached hydrogen (secondary N) is 1. The van der Waals surface area contributed by atoms with E-state index in [0.717, 1.165) is 17.7 Å². The molecule has 0 bridgehead atoms. The van der Waals surface area contributed by atoms with E-state index in [1.807, 2.05) is 6.92 Å². The summed E-state index contributed by atoms with van der Waals surface area (Å²) in [4.78, 5) is 12.7. The van der Waals surface area contributed by atoms with E-state index in [0.29, 0.717) is 28.1 Å². The molecular formula is C21H17F3N2O. The third kappa shape index (κ3) is 4.11. The molecule has 6 heteroatoms. The molecule has 0 saturated carbocycles. The number of hydrogen-bond acceptors (Lipinski definition) is 2. The van der Waals surface area contributed by atoms with Gasteiger partial charge in [0.15, 0.2) is 0 Å². The van der Waals surface area contributed by atoms with Gasteiger partial charge in [0.05, 0.1) is 5.56 Å². The number of nitrogens with two attached hydrogens (primary N) is 1. The molecule has 3 nitrogen and oxygen atoms in total. The Morgan fingerprint density at radius 1 is 0.963 bits per heavy atom. The fraction of sp³-hybridized carbons (Fsp3) is 0.0952. The fourth-order valence-electron chi connectivity index (χ4n) is 2.79. The molecule has 0 saturated heterocycles. The van der Waals surface area contributed by atoms with E-state index >= 15 is 0 Å².